The van der Waals surface area contributed by atoms with E-state index in [2.05, 4.69) is 15.9 Å². The molecule has 1 aromatic heterocycles. The zero-order chi connectivity index (χ0) is 11.7. The maximum atomic E-state index is 11.1. The average Bonchev–Trinajstić information content (AvgIpc) is 2.84. The van der Waals surface area contributed by atoms with Crippen molar-refractivity contribution in [3.8, 4) is 0 Å². The molecule has 5 heteroatoms. The highest BCUT2D eigenvalue weighted by Crippen LogP contribution is 2.27. The highest BCUT2D eigenvalue weighted by atomic mass is 79.9. The molecule has 2 rings (SSSR count). The van der Waals surface area contributed by atoms with Crippen LogP contribution >= 0.6 is 15.9 Å². The number of nitrogens with zero attached hydrogens (tertiary/aromatic N) is 1. The van der Waals surface area contributed by atoms with Gasteiger partial charge in [-0.05, 0) is 41.8 Å². The molecular formula is C11H14BrNO3. The van der Waals surface area contributed by atoms with E-state index in [0.717, 1.165) is 23.9 Å². The molecule has 16 heavy (non-hydrogen) atoms. The van der Waals surface area contributed by atoms with Gasteiger partial charge in [0.15, 0.2) is 0 Å². The molecule has 1 saturated heterocycles. The molecule has 2 unspecified atom stereocenters. The normalized spacial score (nSPS) is 22.2. The Balaban J connectivity index is 2.27. The minimum absolute atomic E-state index is 0.0555. The molecular weight excluding hydrogens is 274 g/mol. The van der Waals surface area contributed by atoms with Gasteiger partial charge in [0, 0.05) is 17.3 Å². The Bertz CT molecular complexity index is 396. The smallest absolute Gasteiger partial charge is 0.352 e. The molecule has 88 valence electrons. The second-order valence-electron chi connectivity index (χ2n) is 4.05. The number of carboxylic acid groups (broad SMARTS) is 1. The summed E-state index contributed by atoms with van der Waals surface area (Å²) in [5.41, 5.74) is 0.301. The van der Waals surface area contributed by atoms with Crippen molar-refractivity contribution in [2.75, 3.05) is 6.61 Å². The summed E-state index contributed by atoms with van der Waals surface area (Å²) in [7, 11) is 0. The summed E-state index contributed by atoms with van der Waals surface area (Å²) in [6, 6.07) is 1.67. The number of ether oxygens (including phenoxy) is 1. The molecule has 0 saturated carbocycles. The second kappa shape index (κ2) is 4.59. The molecule has 1 aliphatic heterocycles. The summed E-state index contributed by atoms with van der Waals surface area (Å²) in [4.78, 5) is 11.1. The molecule has 0 bridgehead atoms. The SMILES string of the molecule is CC(C1CCCO1)n1cc(Br)cc1C(=O)O. The topological polar surface area (TPSA) is 51.5 Å². The first kappa shape index (κ1) is 11.7. The maximum Gasteiger partial charge on any atom is 0.352 e. The highest BCUT2D eigenvalue weighted by Gasteiger charge is 2.26. The van der Waals surface area contributed by atoms with Gasteiger partial charge in [-0.3, -0.25) is 0 Å². The fourth-order valence-electron chi connectivity index (χ4n) is 2.12. The monoisotopic (exact) mass is 287 g/mol. The lowest BCUT2D eigenvalue weighted by Crippen LogP contribution is -2.23. The Morgan fingerprint density at radius 2 is 2.50 bits per heavy atom. The van der Waals surface area contributed by atoms with Crippen LogP contribution in [0.2, 0.25) is 0 Å². The quantitative estimate of drug-likeness (QED) is 0.930. The van der Waals surface area contributed by atoms with Crippen molar-refractivity contribution in [2.45, 2.75) is 31.9 Å². The Morgan fingerprint density at radius 1 is 1.75 bits per heavy atom. The van der Waals surface area contributed by atoms with E-state index in [9.17, 15) is 4.79 Å². The van der Waals surface area contributed by atoms with Crippen molar-refractivity contribution in [3.63, 3.8) is 0 Å². The standard InChI is InChI=1S/C11H14BrNO3/c1-7(10-3-2-4-16-10)13-6-8(12)5-9(13)11(14)15/h5-7,10H,2-4H2,1H3,(H,14,15). The van der Waals surface area contributed by atoms with Crippen molar-refractivity contribution < 1.29 is 14.6 Å². The lowest BCUT2D eigenvalue weighted by atomic mass is 10.1. The minimum atomic E-state index is -0.907. The number of carbonyl (C=O) groups is 1. The summed E-state index contributed by atoms with van der Waals surface area (Å²) < 4.78 is 8.14. The predicted octanol–water partition coefficient (Wildman–Crippen LogP) is 2.69. The van der Waals surface area contributed by atoms with E-state index in [1.54, 1.807) is 16.8 Å². The number of aromatic nitrogens is 1. The molecule has 0 aromatic carbocycles. The Kier molecular flexibility index (Phi) is 3.35. The van der Waals surface area contributed by atoms with Crippen LogP contribution in [-0.4, -0.2) is 28.4 Å². The number of hydrogen-bond acceptors (Lipinski definition) is 2. The first-order chi connectivity index (χ1) is 7.59. The van der Waals surface area contributed by atoms with Gasteiger partial charge in [-0.1, -0.05) is 0 Å². The van der Waals surface area contributed by atoms with Crippen LogP contribution in [0.25, 0.3) is 0 Å². The number of aromatic carboxylic acids is 1. The van der Waals surface area contributed by atoms with Gasteiger partial charge >= 0.3 is 5.97 Å². The lowest BCUT2D eigenvalue weighted by Gasteiger charge is -2.21. The summed E-state index contributed by atoms with van der Waals surface area (Å²) in [5.74, 6) is -0.907. The molecule has 1 aromatic rings. The maximum absolute atomic E-state index is 11.1. The largest absolute Gasteiger partial charge is 0.477 e. The van der Waals surface area contributed by atoms with Crippen LogP contribution < -0.4 is 0 Å². The number of halogens is 1. The van der Waals surface area contributed by atoms with Crippen LogP contribution in [0.4, 0.5) is 0 Å². The van der Waals surface area contributed by atoms with E-state index in [1.807, 2.05) is 6.92 Å². The Morgan fingerprint density at radius 3 is 3.06 bits per heavy atom. The van der Waals surface area contributed by atoms with Crippen molar-refractivity contribution in [2.24, 2.45) is 0 Å². The van der Waals surface area contributed by atoms with Gasteiger partial charge < -0.3 is 14.4 Å². The number of carboxylic acids is 1. The molecule has 2 atom stereocenters. The van der Waals surface area contributed by atoms with E-state index in [0.29, 0.717) is 5.69 Å². The van der Waals surface area contributed by atoms with Crippen LogP contribution in [0.5, 0.6) is 0 Å². The van der Waals surface area contributed by atoms with Crippen LogP contribution in [-0.2, 0) is 4.74 Å². The van der Waals surface area contributed by atoms with Gasteiger partial charge in [0.2, 0.25) is 0 Å². The van der Waals surface area contributed by atoms with Crippen LogP contribution in [0.15, 0.2) is 16.7 Å². The summed E-state index contributed by atoms with van der Waals surface area (Å²) in [5, 5.41) is 9.09. The predicted molar refractivity (Wildman–Crippen MR) is 62.8 cm³/mol. The van der Waals surface area contributed by atoms with Gasteiger partial charge in [0.1, 0.15) is 5.69 Å². The van der Waals surface area contributed by atoms with Crippen LogP contribution in [0.3, 0.4) is 0 Å². The molecule has 0 amide bonds. The summed E-state index contributed by atoms with van der Waals surface area (Å²) in [6.45, 7) is 2.77. The van der Waals surface area contributed by atoms with Crippen molar-refractivity contribution in [1.82, 2.24) is 4.57 Å². The van der Waals surface area contributed by atoms with E-state index in [1.165, 1.54) is 0 Å². The van der Waals surface area contributed by atoms with Gasteiger partial charge in [0.25, 0.3) is 0 Å². The Hall–Kier alpha value is -0.810. The first-order valence-corrected chi connectivity index (χ1v) is 6.11. The molecule has 2 heterocycles. The fraction of sp³-hybridized carbons (Fsp3) is 0.545. The third-order valence-electron chi connectivity index (χ3n) is 2.98. The van der Waals surface area contributed by atoms with Gasteiger partial charge in [-0.15, -0.1) is 0 Å². The average molecular weight is 288 g/mol. The van der Waals surface area contributed by atoms with E-state index in [4.69, 9.17) is 9.84 Å². The molecule has 0 spiro atoms. The van der Waals surface area contributed by atoms with E-state index < -0.39 is 5.97 Å². The third-order valence-corrected chi connectivity index (χ3v) is 3.41. The van der Waals surface area contributed by atoms with Gasteiger partial charge in [0.05, 0.1) is 12.1 Å². The van der Waals surface area contributed by atoms with Gasteiger partial charge in [-0.25, -0.2) is 4.79 Å². The zero-order valence-corrected chi connectivity index (χ0v) is 10.6. The minimum Gasteiger partial charge on any atom is -0.477 e. The lowest BCUT2D eigenvalue weighted by molar-refractivity contribution is 0.0622. The number of hydrogen-bond donors (Lipinski definition) is 1. The molecule has 0 radical (unpaired) electrons. The van der Waals surface area contributed by atoms with Crippen LogP contribution in [0, 0.1) is 0 Å². The first-order valence-electron chi connectivity index (χ1n) is 5.32. The summed E-state index contributed by atoms with van der Waals surface area (Å²) >= 11 is 3.30. The second-order valence-corrected chi connectivity index (χ2v) is 4.96. The van der Waals surface area contributed by atoms with E-state index in [-0.39, 0.29) is 12.1 Å². The molecule has 4 nitrogen and oxygen atoms in total. The fourth-order valence-corrected chi connectivity index (χ4v) is 2.55. The molecule has 1 aliphatic rings. The van der Waals surface area contributed by atoms with Gasteiger partial charge in [-0.2, -0.15) is 0 Å². The third kappa shape index (κ3) is 2.15. The van der Waals surface area contributed by atoms with Crippen molar-refractivity contribution >= 4 is 21.9 Å². The van der Waals surface area contributed by atoms with Crippen molar-refractivity contribution in [1.29, 1.82) is 0 Å². The molecule has 1 N–H and O–H groups in total. The molecule has 0 aliphatic carbocycles. The molecule has 1 fully saturated rings. The number of rotatable bonds is 3. The zero-order valence-electron chi connectivity index (χ0n) is 9.02. The highest BCUT2D eigenvalue weighted by molar-refractivity contribution is 9.10. The Labute approximate surface area is 102 Å². The van der Waals surface area contributed by atoms with Crippen LogP contribution in [0.1, 0.15) is 36.3 Å². The van der Waals surface area contributed by atoms with E-state index >= 15 is 0 Å². The summed E-state index contributed by atoms with van der Waals surface area (Å²) in [6.07, 6.45) is 3.98. The van der Waals surface area contributed by atoms with Crippen molar-refractivity contribution in [3.05, 3.63) is 22.4 Å².